The number of hydrogen-bond donors (Lipinski definition) is 2. The Morgan fingerprint density at radius 1 is 1.25 bits per heavy atom. The molecule has 0 radical (unpaired) electrons. The van der Waals surface area contributed by atoms with Crippen molar-refractivity contribution in [2.75, 3.05) is 13.1 Å². The van der Waals surface area contributed by atoms with E-state index in [4.69, 9.17) is 9.63 Å². The number of carbonyl (C=O) groups excluding carboxylic acids is 2. The summed E-state index contributed by atoms with van der Waals surface area (Å²) < 4.78 is 5.36. The molecular weight excluding hydrogens is 364 g/mol. The van der Waals surface area contributed by atoms with Crippen LogP contribution in [0, 0.1) is 5.92 Å². The van der Waals surface area contributed by atoms with E-state index in [1.54, 1.807) is 4.90 Å². The monoisotopic (exact) mass is 392 g/mol. The number of rotatable bonds is 6. The van der Waals surface area contributed by atoms with Gasteiger partial charge < -0.3 is 19.8 Å². The van der Waals surface area contributed by atoms with Crippen molar-refractivity contribution in [3.05, 3.63) is 11.7 Å². The molecule has 1 aliphatic carbocycles. The fourth-order valence-electron chi connectivity index (χ4n) is 4.18. The molecule has 2 fully saturated rings. The molecule has 28 heavy (non-hydrogen) atoms. The first-order valence-electron chi connectivity index (χ1n) is 10.0. The van der Waals surface area contributed by atoms with Crippen LogP contribution < -0.4 is 5.32 Å². The Morgan fingerprint density at radius 2 is 1.96 bits per heavy atom. The molecule has 2 heterocycles. The Balaban J connectivity index is 1.62. The van der Waals surface area contributed by atoms with Crippen molar-refractivity contribution in [1.29, 1.82) is 0 Å². The van der Waals surface area contributed by atoms with Crippen LogP contribution in [0.4, 0.5) is 0 Å². The van der Waals surface area contributed by atoms with Crippen LogP contribution in [-0.2, 0) is 26.3 Å². The normalized spacial score (nSPS) is 21.9. The number of aromatic nitrogens is 2. The highest BCUT2D eigenvalue weighted by Crippen LogP contribution is 2.34. The number of hydrogen-bond acceptors (Lipinski definition) is 6. The average molecular weight is 392 g/mol. The lowest BCUT2D eigenvalue weighted by Gasteiger charge is -2.30. The van der Waals surface area contributed by atoms with Gasteiger partial charge >= 0.3 is 5.97 Å². The summed E-state index contributed by atoms with van der Waals surface area (Å²) in [6.45, 7) is 2.22. The topological polar surface area (TPSA) is 126 Å². The first-order valence-corrected chi connectivity index (χ1v) is 10.0. The molecule has 9 nitrogen and oxygen atoms in total. The molecule has 1 atom stereocenters. The Morgan fingerprint density at radius 3 is 2.57 bits per heavy atom. The lowest BCUT2D eigenvalue weighted by atomic mass is 9.89. The first-order chi connectivity index (χ1) is 13.4. The van der Waals surface area contributed by atoms with Crippen molar-refractivity contribution in [3.8, 4) is 0 Å². The predicted octanol–water partition coefficient (Wildman–Crippen LogP) is 1.62. The number of amides is 2. The van der Waals surface area contributed by atoms with Crippen LogP contribution in [0.1, 0.15) is 70.0 Å². The zero-order chi connectivity index (χ0) is 20.1. The van der Waals surface area contributed by atoms with Gasteiger partial charge in [-0.25, -0.2) is 0 Å². The quantitative estimate of drug-likeness (QED) is 0.705. The number of carbonyl (C=O) groups is 3. The third-order valence-corrected chi connectivity index (χ3v) is 5.71. The van der Waals surface area contributed by atoms with Gasteiger partial charge in [0.25, 0.3) is 0 Å². The van der Waals surface area contributed by atoms with Gasteiger partial charge in [-0.1, -0.05) is 30.8 Å². The lowest BCUT2D eigenvalue weighted by Crippen LogP contribution is -2.45. The second kappa shape index (κ2) is 8.70. The fraction of sp³-hybridized carbons (Fsp3) is 0.737. The van der Waals surface area contributed by atoms with Crippen molar-refractivity contribution in [3.63, 3.8) is 0 Å². The maximum Gasteiger partial charge on any atom is 0.308 e. The van der Waals surface area contributed by atoms with Crippen LogP contribution >= 0.6 is 0 Å². The molecule has 1 saturated heterocycles. The molecule has 2 amide bonds. The van der Waals surface area contributed by atoms with E-state index in [0.29, 0.717) is 31.1 Å². The van der Waals surface area contributed by atoms with Gasteiger partial charge in [-0.15, -0.1) is 0 Å². The molecule has 9 heteroatoms. The Bertz CT molecular complexity index is 724. The lowest BCUT2D eigenvalue weighted by molar-refractivity contribution is -0.141. The van der Waals surface area contributed by atoms with Crippen LogP contribution in [0.5, 0.6) is 0 Å². The molecule has 1 aromatic rings. The van der Waals surface area contributed by atoms with Crippen LogP contribution in [0.2, 0.25) is 0 Å². The van der Waals surface area contributed by atoms with E-state index in [2.05, 4.69) is 15.5 Å². The van der Waals surface area contributed by atoms with Gasteiger partial charge in [0.1, 0.15) is 5.54 Å². The van der Waals surface area contributed by atoms with Crippen molar-refractivity contribution in [1.82, 2.24) is 20.4 Å². The number of carboxylic acids is 1. The van der Waals surface area contributed by atoms with Crippen LogP contribution in [0.25, 0.3) is 0 Å². The second-order valence-electron chi connectivity index (χ2n) is 7.85. The second-order valence-corrected chi connectivity index (χ2v) is 7.85. The fourth-order valence-corrected chi connectivity index (χ4v) is 4.18. The van der Waals surface area contributed by atoms with E-state index in [-0.39, 0.29) is 24.8 Å². The predicted molar refractivity (Wildman–Crippen MR) is 98.1 cm³/mol. The van der Waals surface area contributed by atoms with Gasteiger partial charge in [-0.05, 0) is 19.3 Å². The Labute approximate surface area is 163 Å². The van der Waals surface area contributed by atoms with Crippen LogP contribution in [-0.4, -0.2) is 51.0 Å². The summed E-state index contributed by atoms with van der Waals surface area (Å²) in [5.74, 6) is -0.708. The van der Waals surface area contributed by atoms with Gasteiger partial charge in [0.15, 0.2) is 5.82 Å². The summed E-state index contributed by atoms with van der Waals surface area (Å²) in [5, 5.41) is 16.2. The standard InChI is InChI=1S/C19H28N4O5/c1-13(24)21-19(9-4-2-3-5-10-19)18-20-15(28-22-18)6-7-16(25)23-11-8-14(12-23)17(26)27/h14H,2-12H2,1H3,(H,21,24)(H,26,27)/t14-/m1/s1. The molecule has 0 bridgehead atoms. The van der Waals surface area contributed by atoms with Gasteiger partial charge in [-0.3, -0.25) is 14.4 Å². The third-order valence-electron chi connectivity index (χ3n) is 5.71. The Kier molecular flexibility index (Phi) is 6.31. The highest BCUT2D eigenvalue weighted by atomic mass is 16.5. The van der Waals surface area contributed by atoms with E-state index in [1.807, 2.05) is 0 Å². The molecule has 2 aliphatic rings. The zero-order valence-electron chi connectivity index (χ0n) is 16.3. The van der Waals surface area contributed by atoms with E-state index in [1.165, 1.54) is 6.92 Å². The maximum atomic E-state index is 12.3. The summed E-state index contributed by atoms with van der Waals surface area (Å²) in [4.78, 5) is 41.2. The number of aliphatic carboxylic acids is 1. The molecule has 0 spiro atoms. The number of carboxylic acid groups (broad SMARTS) is 1. The van der Waals surface area contributed by atoms with Gasteiger partial charge in [0.2, 0.25) is 17.7 Å². The molecular formula is C19H28N4O5. The zero-order valence-corrected chi connectivity index (χ0v) is 16.3. The van der Waals surface area contributed by atoms with E-state index >= 15 is 0 Å². The molecule has 1 aliphatic heterocycles. The number of nitrogens with one attached hydrogen (secondary N) is 1. The number of likely N-dealkylation sites (tertiary alicyclic amines) is 1. The van der Waals surface area contributed by atoms with Gasteiger partial charge in [0.05, 0.1) is 5.92 Å². The van der Waals surface area contributed by atoms with Crippen molar-refractivity contribution in [2.24, 2.45) is 5.92 Å². The van der Waals surface area contributed by atoms with Gasteiger partial charge in [0, 0.05) is 32.9 Å². The maximum absolute atomic E-state index is 12.3. The minimum absolute atomic E-state index is 0.102. The minimum Gasteiger partial charge on any atom is -0.481 e. The number of aryl methyl sites for hydroxylation is 1. The van der Waals surface area contributed by atoms with E-state index in [9.17, 15) is 14.4 Å². The largest absolute Gasteiger partial charge is 0.481 e. The molecule has 3 rings (SSSR count). The highest BCUT2D eigenvalue weighted by molar-refractivity contribution is 5.78. The van der Waals surface area contributed by atoms with Crippen LogP contribution in [0.15, 0.2) is 4.52 Å². The molecule has 0 aromatic carbocycles. The summed E-state index contributed by atoms with van der Waals surface area (Å²) >= 11 is 0. The van der Waals surface area contributed by atoms with E-state index in [0.717, 1.165) is 38.5 Å². The molecule has 0 unspecified atom stereocenters. The molecule has 1 saturated carbocycles. The number of nitrogens with zero attached hydrogens (tertiary/aromatic N) is 3. The average Bonchev–Trinajstić information content (AvgIpc) is 3.27. The van der Waals surface area contributed by atoms with Gasteiger partial charge in [-0.2, -0.15) is 4.98 Å². The first kappa shape index (κ1) is 20.3. The molecule has 2 N–H and O–H groups in total. The summed E-state index contributed by atoms with van der Waals surface area (Å²) in [7, 11) is 0. The smallest absolute Gasteiger partial charge is 0.308 e. The van der Waals surface area contributed by atoms with E-state index < -0.39 is 17.4 Å². The Hall–Kier alpha value is -2.45. The van der Waals surface area contributed by atoms with Crippen molar-refractivity contribution < 1.29 is 24.0 Å². The minimum atomic E-state index is -0.858. The highest BCUT2D eigenvalue weighted by Gasteiger charge is 2.38. The summed E-state index contributed by atoms with van der Waals surface area (Å²) in [5.41, 5.74) is -0.599. The van der Waals surface area contributed by atoms with Crippen molar-refractivity contribution >= 4 is 17.8 Å². The SMILES string of the molecule is CC(=O)NC1(c2noc(CCC(=O)N3CC[C@@H](C(=O)O)C3)n2)CCCCCC1. The summed E-state index contributed by atoms with van der Waals surface area (Å²) in [6.07, 6.45) is 6.75. The molecule has 154 valence electrons. The third kappa shape index (κ3) is 4.69. The summed E-state index contributed by atoms with van der Waals surface area (Å²) in [6, 6.07) is 0. The molecule has 1 aromatic heterocycles. The van der Waals surface area contributed by atoms with Crippen molar-refractivity contribution in [2.45, 2.75) is 70.3 Å². The van der Waals surface area contributed by atoms with Crippen LogP contribution in [0.3, 0.4) is 0 Å².